The quantitative estimate of drug-likeness (QED) is 0.425. The number of benzene rings is 2. The number of methoxy groups -OCH3 is 1. The zero-order valence-electron chi connectivity index (χ0n) is 18.7. The fourth-order valence-electron chi connectivity index (χ4n) is 3.30. The van der Waals surface area contributed by atoms with Gasteiger partial charge in [0.25, 0.3) is 0 Å². The summed E-state index contributed by atoms with van der Waals surface area (Å²) < 4.78 is 28.3. The van der Waals surface area contributed by atoms with E-state index in [9.17, 15) is 18.3 Å². The minimum Gasteiger partial charge on any atom is -0.497 e. The highest BCUT2D eigenvalue weighted by molar-refractivity contribution is 7.90. The summed E-state index contributed by atoms with van der Waals surface area (Å²) in [5.74, 6) is -0.571. The smallest absolute Gasteiger partial charge is 0.224 e. The number of carbonyl (C=O) groups is 1. The third-order valence-electron chi connectivity index (χ3n) is 4.91. The molecule has 0 saturated carbocycles. The predicted molar refractivity (Wildman–Crippen MR) is 129 cm³/mol. The second-order valence-electron chi connectivity index (χ2n) is 7.85. The molecule has 0 aromatic heterocycles. The zero-order valence-corrected chi connectivity index (χ0v) is 20.3. The third-order valence-corrected chi connectivity index (χ3v) is 6.01. The van der Waals surface area contributed by atoms with E-state index in [1.165, 1.54) is 0 Å². The number of sulfone groups is 1. The van der Waals surface area contributed by atoms with Gasteiger partial charge in [0.05, 0.1) is 25.0 Å². The first-order valence-corrected chi connectivity index (χ1v) is 12.3. The van der Waals surface area contributed by atoms with Gasteiger partial charge in [-0.3, -0.25) is 4.79 Å². The van der Waals surface area contributed by atoms with Crippen LogP contribution in [0.1, 0.15) is 18.1 Å². The van der Waals surface area contributed by atoms with Crippen LogP contribution in [0.15, 0.2) is 54.6 Å². The number of halogens is 1. The van der Waals surface area contributed by atoms with Gasteiger partial charge in [-0.25, -0.2) is 8.42 Å². The number of aliphatic hydroxyl groups is 1. The number of carbonyl (C=O) groups excluding carboxylic acids is 1. The summed E-state index contributed by atoms with van der Waals surface area (Å²) in [5.41, 5.74) is 1.98. The largest absolute Gasteiger partial charge is 0.497 e. The van der Waals surface area contributed by atoms with Gasteiger partial charge in [0.2, 0.25) is 5.91 Å². The molecule has 0 aliphatic heterocycles. The summed E-state index contributed by atoms with van der Waals surface area (Å²) in [5, 5.41) is 16.8. The number of hydrogen-bond donors (Lipinski definition) is 3. The van der Waals surface area contributed by atoms with Crippen molar-refractivity contribution in [3.63, 3.8) is 0 Å². The summed E-state index contributed by atoms with van der Waals surface area (Å²) in [4.78, 5) is 12.6. The molecule has 2 rings (SSSR count). The summed E-state index contributed by atoms with van der Waals surface area (Å²) >= 11 is 0. The van der Waals surface area contributed by atoms with Gasteiger partial charge >= 0.3 is 0 Å². The first-order chi connectivity index (χ1) is 14.7. The Morgan fingerprint density at radius 3 is 2.38 bits per heavy atom. The molecule has 2 aromatic carbocycles. The molecule has 0 aliphatic rings. The maximum absolute atomic E-state index is 12.6. The molecule has 0 radical (unpaired) electrons. The standard InChI is InChI=1S/C23H32N2O5S.ClH/c1-17(16-31(3,28)29)23(27)25-21(13-18-8-5-4-6-9-18)22(26)15-24-14-19-10-7-11-20(12-19)30-2;/h4-12,17,21-22,24,26H,13-16H2,1-3H3,(H,25,27);1H. The molecule has 3 N–H and O–H groups in total. The van der Waals surface area contributed by atoms with Crippen molar-refractivity contribution in [2.24, 2.45) is 5.92 Å². The van der Waals surface area contributed by atoms with E-state index in [1.807, 2.05) is 54.6 Å². The van der Waals surface area contributed by atoms with Crippen molar-refractivity contribution in [2.45, 2.75) is 32.0 Å². The molecule has 2 aromatic rings. The lowest BCUT2D eigenvalue weighted by atomic mass is 10.00. The second kappa shape index (κ2) is 13.4. The van der Waals surface area contributed by atoms with Crippen molar-refractivity contribution in [2.75, 3.05) is 25.7 Å². The van der Waals surface area contributed by atoms with Crippen LogP contribution < -0.4 is 15.4 Å². The van der Waals surface area contributed by atoms with E-state index in [1.54, 1.807) is 14.0 Å². The van der Waals surface area contributed by atoms with E-state index in [4.69, 9.17) is 4.74 Å². The highest BCUT2D eigenvalue weighted by atomic mass is 35.5. The van der Waals surface area contributed by atoms with Crippen molar-refractivity contribution < 1.29 is 23.1 Å². The number of rotatable bonds is 12. The van der Waals surface area contributed by atoms with E-state index in [-0.39, 0.29) is 24.7 Å². The third kappa shape index (κ3) is 9.99. The highest BCUT2D eigenvalue weighted by Crippen LogP contribution is 2.13. The van der Waals surface area contributed by atoms with Crippen LogP contribution in [-0.2, 0) is 27.6 Å². The van der Waals surface area contributed by atoms with Crippen LogP contribution >= 0.6 is 12.4 Å². The lowest BCUT2D eigenvalue weighted by molar-refractivity contribution is -0.125. The average molecular weight is 485 g/mol. The molecule has 0 aliphatic carbocycles. The van der Waals surface area contributed by atoms with Gasteiger partial charge in [0, 0.05) is 25.3 Å². The molecule has 7 nitrogen and oxygen atoms in total. The van der Waals surface area contributed by atoms with E-state index < -0.39 is 33.8 Å². The van der Waals surface area contributed by atoms with E-state index >= 15 is 0 Å². The molecule has 3 atom stereocenters. The van der Waals surface area contributed by atoms with Crippen LogP contribution in [0.2, 0.25) is 0 Å². The molecule has 0 bridgehead atoms. The van der Waals surface area contributed by atoms with Crippen molar-refractivity contribution in [1.82, 2.24) is 10.6 Å². The minimum atomic E-state index is -3.28. The Labute approximate surface area is 196 Å². The summed E-state index contributed by atoms with van der Waals surface area (Å²) in [7, 11) is -1.67. The summed E-state index contributed by atoms with van der Waals surface area (Å²) in [6.45, 7) is 2.36. The van der Waals surface area contributed by atoms with Gasteiger partial charge in [0.1, 0.15) is 15.6 Å². The molecular weight excluding hydrogens is 452 g/mol. The van der Waals surface area contributed by atoms with Gasteiger partial charge in [-0.15, -0.1) is 12.4 Å². The fourth-order valence-corrected chi connectivity index (χ4v) is 4.35. The molecule has 0 spiro atoms. The van der Waals surface area contributed by atoms with Crippen LogP contribution in [0.3, 0.4) is 0 Å². The molecule has 178 valence electrons. The van der Waals surface area contributed by atoms with Crippen molar-refractivity contribution in [1.29, 1.82) is 0 Å². The first-order valence-electron chi connectivity index (χ1n) is 10.2. The molecule has 0 saturated heterocycles. The Morgan fingerprint density at radius 2 is 1.75 bits per heavy atom. The van der Waals surface area contributed by atoms with Crippen LogP contribution in [0.25, 0.3) is 0 Å². The zero-order chi connectivity index (χ0) is 22.9. The number of amides is 1. The monoisotopic (exact) mass is 484 g/mol. The Kier molecular flexibility index (Phi) is 11.7. The van der Waals surface area contributed by atoms with E-state index in [0.717, 1.165) is 23.1 Å². The molecule has 32 heavy (non-hydrogen) atoms. The van der Waals surface area contributed by atoms with Crippen molar-refractivity contribution >= 4 is 28.2 Å². The summed E-state index contributed by atoms with van der Waals surface area (Å²) in [6, 6.07) is 16.6. The Balaban J connectivity index is 0.00000512. The van der Waals surface area contributed by atoms with Crippen LogP contribution in [0, 0.1) is 5.92 Å². The maximum Gasteiger partial charge on any atom is 0.224 e. The minimum absolute atomic E-state index is 0. The number of aliphatic hydroxyl groups excluding tert-OH is 1. The van der Waals surface area contributed by atoms with Gasteiger partial charge in [-0.2, -0.15) is 0 Å². The summed E-state index contributed by atoms with van der Waals surface area (Å²) in [6.07, 6.45) is 0.677. The van der Waals surface area contributed by atoms with E-state index in [2.05, 4.69) is 10.6 Å². The van der Waals surface area contributed by atoms with Crippen molar-refractivity contribution in [3.05, 3.63) is 65.7 Å². The number of hydrogen-bond acceptors (Lipinski definition) is 6. The highest BCUT2D eigenvalue weighted by Gasteiger charge is 2.25. The lowest BCUT2D eigenvalue weighted by Crippen LogP contribution is -2.50. The Hall–Kier alpha value is -2.13. The predicted octanol–water partition coefficient (Wildman–Crippen LogP) is 1.98. The average Bonchev–Trinajstić information content (AvgIpc) is 2.72. The van der Waals surface area contributed by atoms with E-state index in [0.29, 0.717) is 13.0 Å². The Morgan fingerprint density at radius 1 is 1.09 bits per heavy atom. The van der Waals surface area contributed by atoms with Gasteiger partial charge < -0.3 is 20.5 Å². The lowest BCUT2D eigenvalue weighted by Gasteiger charge is -2.26. The maximum atomic E-state index is 12.6. The van der Waals surface area contributed by atoms with Gasteiger partial charge in [0.15, 0.2) is 0 Å². The molecule has 9 heteroatoms. The number of ether oxygens (including phenoxy) is 1. The molecular formula is C23H33ClN2O5S. The van der Waals surface area contributed by atoms with Crippen LogP contribution in [-0.4, -0.2) is 57.2 Å². The topological polar surface area (TPSA) is 105 Å². The first kappa shape index (κ1) is 27.9. The normalized spacial score (nSPS) is 14.0. The molecule has 0 fully saturated rings. The van der Waals surface area contributed by atoms with Crippen LogP contribution in [0.4, 0.5) is 0 Å². The SMILES string of the molecule is COc1cccc(CNCC(O)C(Cc2ccccc2)NC(=O)C(C)CS(C)(=O)=O)c1.Cl. The van der Waals surface area contributed by atoms with Gasteiger partial charge in [-0.1, -0.05) is 49.4 Å². The molecule has 1 amide bonds. The molecule has 3 unspecified atom stereocenters. The van der Waals surface area contributed by atoms with Crippen molar-refractivity contribution in [3.8, 4) is 5.75 Å². The Bertz CT molecular complexity index is 940. The fraction of sp³-hybridized carbons (Fsp3) is 0.435. The molecule has 0 heterocycles. The van der Waals surface area contributed by atoms with Gasteiger partial charge in [-0.05, 0) is 29.7 Å². The number of nitrogens with one attached hydrogen (secondary N) is 2. The second-order valence-corrected chi connectivity index (χ2v) is 10.0. The van der Waals surface area contributed by atoms with Crippen LogP contribution in [0.5, 0.6) is 5.75 Å².